The van der Waals surface area contributed by atoms with Crippen molar-refractivity contribution in [2.75, 3.05) is 18.9 Å². The maximum atomic E-state index is 11.6. The van der Waals surface area contributed by atoms with Crippen LogP contribution in [0.2, 0.25) is 5.02 Å². The number of amides is 1. The molecule has 5 heteroatoms. The van der Waals surface area contributed by atoms with Gasteiger partial charge >= 0.3 is 0 Å². The third-order valence-electron chi connectivity index (χ3n) is 2.63. The molecule has 2 N–H and O–H groups in total. The van der Waals surface area contributed by atoms with Crippen molar-refractivity contribution in [1.29, 1.82) is 0 Å². The Hall–Kier alpha value is -1.65. The number of hydrogen-bond acceptors (Lipinski definition) is 3. The lowest BCUT2D eigenvalue weighted by Gasteiger charge is -2.12. The molecule has 0 atom stereocenters. The van der Waals surface area contributed by atoms with Gasteiger partial charge in [0.15, 0.2) is 0 Å². The summed E-state index contributed by atoms with van der Waals surface area (Å²) >= 11 is 6.19. The van der Waals surface area contributed by atoms with Gasteiger partial charge in [0.25, 0.3) is 0 Å². The Morgan fingerprint density at radius 2 is 2.28 bits per heavy atom. The van der Waals surface area contributed by atoms with Gasteiger partial charge in [0.2, 0.25) is 5.91 Å². The maximum absolute atomic E-state index is 11.6. The molecule has 0 unspecified atom stereocenters. The summed E-state index contributed by atoms with van der Waals surface area (Å²) in [4.78, 5) is 16.0. The fourth-order valence-corrected chi connectivity index (χ4v) is 2.16. The maximum Gasteiger partial charge on any atom is 0.238 e. The minimum Gasteiger partial charge on any atom is -0.323 e. The van der Waals surface area contributed by atoms with E-state index in [-0.39, 0.29) is 12.5 Å². The summed E-state index contributed by atoms with van der Waals surface area (Å²) in [5.41, 5.74) is 2.45. The van der Waals surface area contributed by atoms with Gasteiger partial charge in [0.1, 0.15) is 0 Å². The highest BCUT2D eigenvalue weighted by Gasteiger charge is 2.11. The Kier molecular flexibility index (Phi) is 3.79. The first kappa shape index (κ1) is 12.8. The van der Waals surface area contributed by atoms with Crippen LogP contribution in [0.15, 0.2) is 24.4 Å². The van der Waals surface area contributed by atoms with E-state index in [2.05, 4.69) is 15.6 Å². The molecule has 0 aliphatic heterocycles. The number of carbonyl (C=O) groups is 1. The molecule has 0 saturated heterocycles. The van der Waals surface area contributed by atoms with E-state index < -0.39 is 0 Å². The van der Waals surface area contributed by atoms with E-state index in [1.807, 2.05) is 25.1 Å². The molecule has 1 aromatic carbocycles. The summed E-state index contributed by atoms with van der Waals surface area (Å²) in [5.74, 6) is -0.131. The predicted molar refractivity (Wildman–Crippen MR) is 74.0 cm³/mol. The highest BCUT2D eigenvalue weighted by atomic mass is 35.5. The van der Waals surface area contributed by atoms with Crippen LogP contribution in [0.5, 0.6) is 0 Å². The second kappa shape index (κ2) is 5.33. The number of anilines is 1. The minimum atomic E-state index is -0.131. The van der Waals surface area contributed by atoms with E-state index in [0.29, 0.717) is 10.7 Å². The first-order valence-corrected chi connectivity index (χ1v) is 5.99. The van der Waals surface area contributed by atoms with Crippen molar-refractivity contribution in [3.63, 3.8) is 0 Å². The Morgan fingerprint density at radius 1 is 1.50 bits per heavy atom. The van der Waals surface area contributed by atoms with Crippen molar-refractivity contribution in [2.24, 2.45) is 0 Å². The number of fused-ring (bicyclic) bond motifs is 1. The largest absolute Gasteiger partial charge is 0.323 e. The molecule has 2 rings (SSSR count). The number of rotatable bonds is 3. The van der Waals surface area contributed by atoms with Crippen LogP contribution in [0, 0.1) is 6.92 Å². The molecule has 0 aliphatic rings. The van der Waals surface area contributed by atoms with E-state index in [4.69, 9.17) is 11.6 Å². The van der Waals surface area contributed by atoms with Crippen LogP contribution < -0.4 is 10.6 Å². The first-order chi connectivity index (χ1) is 8.63. The quantitative estimate of drug-likeness (QED) is 0.894. The molecule has 0 fully saturated rings. The second-order valence-corrected chi connectivity index (χ2v) is 4.44. The number of aromatic nitrogens is 1. The van der Waals surface area contributed by atoms with Crippen molar-refractivity contribution in [2.45, 2.75) is 6.92 Å². The normalized spacial score (nSPS) is 10.6. The molecular formula is C13H14ClN3O. The number of carbonyl (C=O) groups excluding carboxylic acids is 1. The number of halogens is 1. The number of hydrogen-bond donors (Lipinski definition) is 2. The summed E-state index contributed by atoms with van der Waals surface area (Å²) in [6, 6.07) is 5.54. The molecule has 1 heterocycles. The van der Waals surface area contributed by atoms with Gasteiger partial charge in [-0.05, 0) is 37.7 Å². The van der Waals surface area contributed by atoms with Crippen LogP contribution in [-0.4, -0.2) is 24.5 Å². The Bertz CT molecular complexity index is 598. The molecule has 94 valence electrons. The Balaban J connectivity index is 2.52. The second-order valence-electron chi connectivity index (χ2n) is 4.03. The molecule has 2 aromatic rings. The van der Waals surface area contributed by atoms with Crippen LogP contribution in [0.3, 0.4) is 0 Å². The average Bonchev–Trinajstić information content (AvgIpc) is 2.35. The highest BCUT2D eigenvalue weighted by molar-refractivity contribution is 6.35. The average molecular weight is 264 g/mol. The Morgan fingerprint density at radius 3 is 3.00 bits per heavy atom. The van der Waals surface area contributed by atoms with E-state index >= 15 is 0 Å². The lowest BCUT2D eigenvalue weighted by Crippen LogP contribution is -2.25. The molecule has 4 nitrogen and oxygen atoms in total. The van der Waals surface area contributed by atoms with E-state index in [1.54, 1.807) is 13.2 Å². The van der Waals surface area contributed by atoms with Crippen molar-refractivity contribution in [3.8, 4) is 0 Å². The predicted octanol–water partition coefficient (Wildman–Crippen LogP) is 2.35. The smallest absolute Gasteiger partial charge is 0.238 e. The zero-order chi connectivity index (χ0) is 13.1. The number of pyridine rings is 1. The molecule has 0 radical (unpaired) electrons. The van der Waals surface area contributed by atoms with Gasteiger partial charge < -0.3 is 10.6 Å². The topological polar surface area (TPSA) is 54.0 Å². The standard InChI is InChI=1S/C13H14ClN3O/c1-8-6-10(14)13(17-11(18)7-15-2)9-4-3-5-16-12(8)9/h3-6,15H,7H2,1-2H3,(H,17,18). The SMILES string of the molecule is CNCC(=O)Nc1c(Cl)cc(C)c2ncccc12. The zero-order valence-corrected chi connectivity index (χ0v) is 11.0. The van der Waals surface area contributed by atoms with Gasteiger partial charge in [0, 0.05) is 11.6 Å². The monoisotopic (exact) mass is 263 g/mol. The van der Waals surface area contributed by atoms with Crippen molar-refractivity contribution >= 4 is 34.1 Å². The summed E-state index contributed by atoms with van der Waals surface area (Å²) in [6.45, 7) is 2.19. The van der Waals surface area contributed by atoms with Gasteiger partial charge in [0.05, 0.1) is 22.8 Å². The Labute approximate surface area is 110 Å². The molecular weight excluding hydrogens is 250 g/mol. The molecule has 0 bridgehead atoms. The van der Waals surface area contributed by atoms with E-state index in [9.17, 15) is 4.79 Å². The van der Waals surface area contributed by atoms with E-state index in [0.717, 1.165) is 16.5 Å². The molecule has 0 spiro atoms. The third kappa shape index (κ3) is 2.44. The third-order valence-corrected chi connectivity index (χ3v) is 2.93. The number of nitrogens with zero attached hydrogens (tertiary/aromatic N) is 1. The summed E-state index contributed by atoms with van der Waals surface area (Å²) in [6.07, 6.45) is 1.72. The van der Waals surface area contributed by atoms with Gasteiger partial charge in [-0.1, -0.05) is 11.6 Å². The number of nitrogens with one attached hydrogen (secondary N) is 2. The summed E-state index contributed by atoms with van der Waals surface area (Å²) in [7, 11) is 1.72. The molecule has 0 saturated carbocycles. The van der Waals surface area contributed by atoms with Crippen molar-refractivity contribution < 1.29 is 4.79 Å². The fraction of sp³-hybridized carbons (Fsp3) is 0.231. The minimum absolute atomic E-state index is 0.131. The lowest BCUT2D eigenvalue weighted by atomic mass is 10.1. The van der Waals surface area contributed by atoms with Crippen LogP contribution in [-0.2, 0) is 4.79 Å². The molecule has 18 heavy (non-hydrogen) atoms. The highest BCUT2D eigenvalue weighted by Crippen LogP contribution is 2.32. The number of benzene rings is 1. The summed E-state index contributed by atoms with van der Waals surface area (Å²) in [5, 5.41) is 6.98. The van der Waals surface area contributed by atoms with Crippen LogP contribution >= 0.6 is 11.6 Å². The summed E-state index contributed by atoms with van der Waals surface area (Å²) < 4.78 is 0. The fourth-order valence-electron chi connectivity index (χ4n) is 1.85. The van der Waals surface area contributed by atoms with Gasteiger partial charge in [-0.15, -0.1) is 0 Å². The van der Waals surface area contributed by atoms with Crippen LogP contribution in [0.1, 0.15) is 5.56 Å². The number of likely N-dealkylation sites (N-methyl/N-ethyl adjacent to an activating group) is 1. The van der Waals surface area contributed by atoms with Crippen LogP contribution in [0.4, 0.5) is 5.69 Å². The zero-order valence-electron chi connectivity index (χ0n) is 10.2. The van der Waals surface area contributed by atoms with Gasteiger partial charge in [-0.2, -0.15) is 0 Å². The number of aryl methyl sites for hydroxylation is 1. The van der Waals surface area contributed by atoms with Crippen LogP contribution in [0.25, 0.3) is 10.9 Å². The van der Waals surface area contributed by atoms with Crippen molar-refractivity contribution in [3.05, 3.63) is 35.0 Å². The first-order valence-electron chi connectivity index (χ1n) is 5.61. The van der Waals surface area contributed by atoms with Gasteiger partial charge in [-0.3, -0.25) is 9.78 Å². The van der Waals surface area contributed by atoms with E-state index in [1.165, 1.54) is 0 Å². The molecule has 1 aromatic heterocycles. The molecule has 1 amide bonds. The lowest BCUT2D eigenvalue weighted by molar-refractivity contribution is -0.115. The molecule has 0 aliphatic carbocycles. The van der Waals surface area contributed by atoms with Crippen molar-refractivity contribution in [1.82, 2.24) is 10.3 Å². The van der Waals surface area contributed by atoms with Gasteiger partial charge in [-0.25, -0.2) is 0 Å².